The molecule has 0 aromatic heterocycles. The van der Waals surface area contributed by atoms with E-state index in [1.807, 2.05) is 0 Å². The van der Waals surface area contributed by atoms with Gasteiger partial charge in [0.05, 0.1) is 18.6 Å². The third-order valence-corrected chi connectivity index (χ3v) is 6.76. The number of carboxylic acids is 1. The van der Waals surface area contributed by atoms with Crippen molar-refractivity contribution in [2.24, 2.45) is 0 Å². The molecule has 2 N–H and O–H groups in total. The number of aliphatic carboxylic acids is 1. The van der Waals surface area contributed by atoms with Crippen molar-refractivity contribution in [2.75, 3.05) is 18.6 Å². The number of carbonyl (C=O) groups is 1. The summed E-state index contributed by atoms with van der Waals surface area (Å²) < 4.78 is 55.4. The van der Waals surface area contributed by atoms with E-state index in [9.17, 15) is 21.6 Å². The van der Waals surface area contributed by atoms with E-state index in [0.717, 1.165) is 6.08 Å². The third kappa shape index (κ3) is 4.56. The number of carboxylic acid groups (broad SMARTS) is 1. The first-order chi connectivity index (χ1) is 11.1. The molecule has 1 aliphatic heterocycles. The standard InChI is InChI=1S/C14H17NO7S2/c1-22-12-4-2-10(3-5-14(16)17)8-13(12)24(20,21)15-11-6-7-23(18,19)9-11/h2-5,8,11,15H,6-7,9H2,1H3,(H,16,17)/b5-3+/t11-/m0/s1. The molecule has 0 saturated carbocycles. The van der Waals surface area contributed by atoms with Gasteiger partial charge in [0.2, 0.25) is 10.0 Å². The maximum absolute atomic E-state index is 12.5. The van der Waals surface area contributed by atoms with Crippen LogP contribution in [0.4, 0.5) is 0 Å². The molecule has 0 unspecified atom stereocenters. The maximum Gasteiger partial charge on any atom is 0.328 e. The highest BCUT2D eigenvalue weighted by Gasteiger charge is 2.32. The summed E-state index contributed by atoms with van der Waals surface area (Å²) in [6, 6.07) is 3.49. The minimum atomic E-state index is -4.02. The Balaban J connectivity index is 2.33. The zero-order valence-corrected chi connectivity index (χ0v) is 14.4. The summed E-state index contributed by atoms with van der Waals surface area (Å²) in [5.74, 6) is -1.38. The lowest BCUT2D eigenvalue weighted by Gasteiger charge is -2.14. The average Bonchev–Trinajstić information content (AvgIpc) is 2.83. The Kier molecular flexibility index (Phi) is 5.31. The highest BCUT2D eigenvalue weighted by Crippen LogP contribution is 2.26. The second-order valence-corrected chi connectivity index (χ2v) is 9.21. The number of sulfonamides is 1. The van der Waals surface area contributed by atoms with Crippen LogP contribution in [-0.2, 0) is 24.7 Å². The number of hydrogen-bond donors (Lipinski definition) is 2. The highest BCUT2D eigenvalue weighted by atomic mass is 32.2. The van der Waals surface area contributed by atoms with Crippen molar-refractivity contribution in [1.29, 1.82) is 0 Å². The predicted octanol–water partition coefficient (Wildman–Crippen LogP) is 0.258. The molecule has 10 heteroatoms. The summed E-state index contributed by atoms with van der Waals surface area (Å²) in [5.41, 5.74) is 0.359. The molecule has 1 aromatic rings. The Labute approximate surface area is 140 Å². The molecule has 2 rings (SSSR count). The first kappa shape index (κ1) is 18.4. The van der Waals surface area contributed by atoms with Crippen molar-refractivity contribution in [1.82, 2.24) is 4.72 Å². The van der Waals surface area contributed by atoms with Crippen LogP contribution in [0.2, 0.25) is 0 Å². The molecule has 1 fully saturated rings. The monoisotopic (exact) mass is 375 g/mol. The van der Waals surface area contributed by atoms with Gasteiger partial charge in [0, 0.05) is 12.1 Å². The quantitative estimate of drug-likeness (QED) is 0.683. The summed E-state index contributed by atoms with van der Waals surface area (Å²) in [6.07, 6.45) is 2.35. The molecule has 1 aliphatic rings. The second kappa shape index (κ2) is 6.91. The number of sulfone groups is 1. The topological polar surface area (TPSA) is 127 Å². The number of hydrogen-bond acceptors (Lipinski definition) is 6. The average molecular weight is 375 g/mol. The molecule has 0 amide bonds. The fourth-order valence-corrected chi connectivity index (χ4v) is 5.60. The highest BCUT2D eigenvalue weighted by molar-refractivity contribution is 7.92. The van der Waals surface area contributed by atoms with Crippen LogP contribution in [0.1, 0.15) is 12.0 Å². The molecule has 0 aliphatic carbocycles. The molecule has 0 bridgehead atoms. The zero-order chi connectivity index (χ0) is 18.0. The van der Waals surface area contributed by atoms with Crippen LogP contribution in [0.5, 0.6) is 5.75 Å². The van der Waals surface area contributed by atoms with Gasteiger partial charge in [-0.15, -0.1) is 0 Å². The first-order valence-electron chi connectivity index (χ1n) is 6.95. The summed E-state index contributed by atoms with van der Waals surface area (Å²) in [7, 11) is -5.94. The maximum atomic E-state index is 12.5. The number of benzene rings is 1. The Morgan fingerprint density at radius 1 is 1.42 bits per heavy atom. The van der Waals surface area contributed by atoms with Gasteiger partial charge in [-0.3, -0.25) is 0 Å². The number of methoxy groups -OCH3 is 1. The van der Waals surface area contributed by atoms with Crippen molar-refractivity contribution in [3.63, 3.8) is 0 Å². The first-order valence-corrected chi connectivity index (χ1v) is 10.3. The molecule has 1 heterocycles. The van der Waals surface area contributed by atoms with Gasteiger partial charge in [-0.2, -0.15) is 0 Å². The van der Waals surface area contributed by atoms with Crippen LogP contribution >= 0.6 is 0 Å². The lowest BCUT2D eigenvalue weighted by atomic mass is 10.2. The minimum absolute atomic E-state index is 0.0568. The van der Waals surface area contributed by atoms with Gasteiger partial charge in [-0.25, -0.2) is 26.4 Å². The van der Waals surface area contributed by atoms with E-state index in [2.05, 4.69) is 4.72 Å². The summed E-state index contributed by atoms with van der Waals surface area (Å²) in [5, 5.41) is 8.64. The predicted molar refractivity (Wildman–Crippen MR) is 87.0 cm³/mol. The third-order valence-electron chi connectivity index (χ3n) is 3.45. The van der Waals surface area contributed by atoms with E-state index >= 15 is 0 Å². The molecule has 132 valence electrons. The van der Waals surface area contributed by atoms with Crippen LogP contribution in [0, 0.1) is 0 Å². The van der Waals surface area contributed by atoms with Gasteiger partial charge < -0.3 is 9.84 Å². The smallest absolute Gasteiger partial charge is 0.328 e. The van der Waals surface area contributed by atoms with E-state index < -0.39 is 31.9 Å². The molecule has 0 spiro atoms. The fourth-order valence-electron chi connectivity index (χ4n) is 2.35. The molecular weight excluding hydrogens is 358 g/mol. The normalized spacial score (nSPS) is 20.3. The van der Waals surface area contributed by atoms with Crippen LogP contribution < -0.4 is 9.46 Å². The Morgan fingerprint density at radius 2 is 2.12 bits per heavy atom. The SMILES string of the molecule is COc1ccc(/C=C/C(=O)O)cc1S(=O)(=O)N[C@H]1CCS(=O)(=O)C1. The molecule has 1 aromatic carbocycles. The second-order valence-electron chi connectivity index (χ2n) is 5.30. The molecule has 1 saturated heterocycles. The number of ether oxygens (including phenoxy) is 1. The van der Waals surface area contributed by atoms with E-state index in [-0.39, 0.29) is 28.6 Å². The molecule has 24 heavy (non-hydrogen) atoms. The number of nitrogens with one attached hydrogen (secondary N) is 1. The van der Waals surface area contributed by atoms with Crippen molar-refractivity contribution in [3.8, 4) is 5.75 Å². The lowest BCUT2D eigenvalue weighted by molar-refractivity contribution is -0.131. The molecule has 1 atom stereocenters. The summed E-state index contributed by atoms with van der Waals surface area (Å²) in [6.45, 7) is 0. The molecule has 8 nitrogen and oxygen atoms in total. The van der Waals surface area contributed by atoms with Gasteiger partial charge in [0.15, 0.2) is 9.84 Å². The summed E-state index contributed by atoms with van der Waals surface area (Å²) >= 11 is 0. The van der Waals surface area contributed by atoms with E-state index in [0.29, 0.717) is 5.56 Å². The number of rotatable bonds is 6. The Hall–Kier alpha value is -1.91. The van der Waals surface area contributed by atoms with Crippen molar-refractivity contribution >= 4 is 31.9 Å². The lowest BCUT2D eigenvalue weighted by Crippen LogP contribution is -2.35. The summed E-state index contributed by atoms with van der Waals surface area (Å²) in [4.78, 5) is 10.4. The van der Waals surface area contributed by atoms with Crippen LogP contribution in [0.15, 0.2) is 29.2 Å². The van der Waals surface area contributed by atoms with Crippen LogP contribution in [0.25, 0.3) is 6.08 Å². The van der Waals surface area contributed by atoms with Gasteiger partial charge in [-0.05, 0) is 30.2 Å². The van der Waals surface area contributed by atoms with Crippen LogP contribution in [-0.4, -0.2) is 52.6 Å². The van der Waals surface area contributed by atoms with Crippen molar-refractivity contribution < 1.29 is 31.5 Å². The largest absolute Gasteiger partial charge is 0.495 e. The fraction of sp³-hybridized carbons (Fsp3) is 0.357. The Morgan fingerprint density at radius 3 is 2.67 bits per heavy atom. The zero-order valence-electron chi connectivity index (χ0n) is 12.8. The van der Waals surface area contributed by atoms with Gasteiger partial charge in [0.1, 0.15) is 10.6 Å². The minimum Gasteiger partial charge on any atom is -0.495 e. The molecule has 0 radical (unpaired) electrons. The van der Waals surface area contributed by atoms with Gasteiger partial charge >= 0.3 is 5.97 Å². The molecular formula is C14H17NO7S2. The van der Waals surface area contributed by atoms with E-state index in [1.165, 1.54) is 31.4 Å². The van der Waals surface area contributed by atoms with Crippen LogP contribution in [0.3, 0.4) is 0 Å². The van der Waals surface area contributed by atoms with Gasteiger partial charge in [0.25, 0.3) is 0 Å². The van der Waals surface area contributed by atoms with E-state index in [4.69, 9.17) is 9.84 Å². The Bertz CT molecular complexity index is 872. The van der Waals surface area contributed by atoms with Crippen molar-refractivity contribution in [3.05, 3.63) is 29.8 Å². The van der Waals surface area contributed by atoms with Crippen molar-refractivity contribution in [2.45, 2.75) is 17.4 Å². The van der Waals surface area contributed by atoms with E-state index in [1.54, 1.807) is 0 Å². The van der Waals surface area contributed by atoms with Gasteiger partial charge in [-0.1, -0.05) is 6.07 Å².